The average molecular weight is 407 g/mol. The van der Waals surface area contributed by atoms with Gasteiger partial charge in [0, 0.05) is 0 Å². The number of fused-ring (bicyclic) bond motifs is 1. The molecule has 0 radical (unpaired) electrons. The summed E-state index contributed by atoms with van der Waals surface area (Å²) in [5.74, 6) is 0.642. The molecule has 0 amide bonds. The Morgan fingerprint density at radius 3 is 2.19 bits per heavy atom. The Morgan fingerprint density at radius 1 is 0.806 bits per heavy atom. The summed E-state index contributed by atoms with van der Waals surface area (Å²) in [6, 6.07) is 25.6. The topological polar surface area (TPSA) is 0 Å². The maximum absolute atomic E-state index is 3.83. The van der Waals surface area contributed by atoms with Crippen molar-refractivity contribution in [2.45, 2.75) is 57.8 Å². The van der Waals surface area contributed by atoms with Crippen molar-refractivity contribution in [3.8, 4) is 11.1 Å². The third-order valence-corrected chi connectivity index (χ3v) is 6.65. The standard InChI is InChI=1S/C31H34/c1-3-5-7-9-25-12-16-27(17-13-25)29-19-21-30-22-28(18-20-31(30)23-29)26-14-10-24(11-15-26)8-6-4-2/h3-5,10-17,19,21,23,28H,2,6-9,18,20,22H2,1H3/b5-3+. The minimum Gasteiger partial charge on any atom is -0.103 e. The summed E-state index contributed by atoms with van der Waals surface area (Å²) in [6.07, 6.45) is 14.3. The lowest BCUT2D eigenvalue weighted by molar-refractivity contribution is 0.585. The van der Waals surface area contributed by atoms with Crippen molar-refractivity contribution in [1.82, 2.24) is 0 Å². The lowest BCUT2D eigenvalue weighted by atomic mass is 9.79. The molecule has 158 valence electrons. The summed E-state index contributed by atoms with van der Waals surface area (Å²) >= 11 is 0. The normalized spacial score (nSPS) is 15.7. The number of aryl methyl sites for hydroxylation is 3. The predicted octanol–water partition coefficient (Wildman–Crippen LogP) is 8.25. The molecule has 1 aliphatic rings. The molecule has 31 heavy (non-hydrogen) atoms. The first-order chi connectivity index (χ1) is 15.3. The zero-order valence-corrected chi connectivity index (χ0v) is 18.8. The summed E-state index contributed by atoms with van der Waals surface area (Å²) in [5, 5.41) is 0. The van der Waals surface area contributed by atoms with Crippen molar-refractivity contribution in [1.29, 1.82) is 0 Å². The second kappa shape index (κ2) is 10.4. The fourth-order valence-corrected chi connectivity index (χ4v) is 4.72. The van der Waals surface area contributed by atoms with Gasteiger partial charge < -0.3 is 0 Å². The van der Waals surface area contributed by atoms with E-state index < -0.39 is 0 Å². The zero-order valence-electron chi connectivity index (χ0n) is 18.8. The Hall–Kier alpha value is -2.86. The highest BCUT2D eigenvalue weighted by atomic mass is 14.2. The summed E-state index contributed by atoms with van der Waals surface area (Å²) < 4.78 is 0. The van der Waals surface area contributed by atoms with E-state index in [9.17, 15) is 0 Å². The lowest BCUT2D eigenvalue weighted by Gasteiger charge is -2.26. The fourth-order valence-electron chi connectivity index (χ4n) is 4.72. The van der Waals surface area contributed by atoms with Crippen LogP contribution in [0.3, 0.4) is 0 Å². The molecule has 1 unspecified atom stereocenters. The maximum Gasteiger partial charge on any atom is -0.0118 e. The average Bonchev–Trinajstić information content (AvgIpc) is 2.83. The highest BCUT2D eigenvalue weighted by Crippen LogP contribution is 2.35. The van der Waals surface area contributed by atoms with E-state index in [1.807, 2.05) is 6.08 Å². The molecule has 0 saturated carbocycles. The molecule has 0 saturated heterocycles. The Balaban J connectivity index is 1.43. The van der Waals surface area contributed by atoms with Gasteiger partial charge in [0.05, 0.1) is 0 Å². The van der Waals surface area contributed by atoms with E-state index in [0.717, 1.165) is 32.1 Å². The Bertz CT molecular complexity index is 1020. The molecule has 3 aromatic carbocycles. The number of hydrogen-bond donors (Lipinski definition) is 0. The van der Waals surface area contributed by atoms with Crippen LogP contribution in [0.5, 0.6) is 0 Å². The first-order valence-electron chi connectivity index (χ1n) is 11.8. The van der Waals surface area contributed by atoms with E-state index in [2.05, 4.69) is 92.4 Å². The quantitative estimate of drug-likeness (QED) is 0.330. The van der Waals surface area contributed by atoms with Gasteiger partial charge in [-0.3, -0.25) is 0 Å². The van der Waals surface area contributed by atoms with Gasteiger partial charge in [-0.2, -0.15) is 0 Å². The van der Waals surface area contributed by atoms with Crippen molar-refractivity contribution in [3.05, 3.63) is 119 Å². The van der Waals surface area contributed by atoms with Crippen molar-refractivity contribution in [3.63, 3.8) is 0 Å². The molecule has 0 aromatic heterocycles. The largest absolute Gasteiger partial charge is 0.103 e. The van der Waals surface area contributed by atoms with E-state index in [1.54, 1.807) is 0 Å². The molecule has 0 bridgehead atoms. The van der Waals surface area contributed by atoms with Crippen molar-refractivity contribution >= 4 is 0 Å². The van der Waals surface area contributed by atoms with Gasteiger partial charge in [0.1, 0.15) is 0 Å². The van der Waals surface area contributed by atoms with Crippen LogP contribution in [0.1, 0.15) is 59.9 Å². The molecule has 0 heterocycles. The second-order valence-electron chi connectivity index (χ2n) is 8.80. The third-order valence-electron chi connectivity index (χ3n) is 6.65. The Labute approximate surface area is 188 Å². The van der Waals surface area contributed by atoms with E-state index >= 15 is 0 Å². The number of hydrogen-bond acceptors (Lipinski definition) is 0. The van der Waals surface area contributed by atoms with Crippen LogP contribution in [-0.4, -0.2) is 0 Å². The van der Waals surface area contributed by atoms with Crippen molar-refractivity contribution in [2.75, 3.05) is 0 Å². The van der Waals surface area contributed by atoms with E-state index in [-0.39, 0.29) is 0 Å². The van der Waals surface area contributed by atoms with Gasteiger partial charge in [-0.25, -0.2) is 0 Å². The van der Waals surface area contributed by atoms with Gasteiger partial charge in [-0.15, -0.1) is 6.58 Å². The van der Waals surface area contributed by atoms with Crippen LogP contribution >= 0.6 is 0 Å². The molecule has 3 aromatic rings. The molecule has 0 fully saturated rings. The predicted molar refractivity (Wildman–Crippen MR) is 135 cm³/mol. The molecule has 0 nitrogen and oxygen atoms in total. The third kappa shape index (κ3) is 5.44. The molecule has 0 N–H and O–H groups in total. The highest BCUT2D eigenvalue weighted by molar-refractivity contribution is 5.65. The summed E-state index contributed by atoms with van der Waals surface area (Å²) in [6.45, 7) is 5.91. The smallest absolute Gasteiger partial charge is 0.0118 e. The molecule has 0 aliphatic heterocycles. The van der Waals surface area contributed by atoms with Gasteiger partial charge in [0.2, 0.25) is 0 Å². The van der Waals surface area contributed by atoms with Gasteiger partial charge >= 0.3 is 0 Å². The SMILES string of the molecule is C=CCCc1ccc(C2CCc3cc(-c4ccc(CC/C=C/C)cc4)ccc3C2)cc1. The monoisotopic (exact) mass is 406 g/mol. The molecule has 4 rings (SSSR count). The van der Waals surface area contributed by atoms with Gasteiger partial charge in [-0.1, -0.05) is 85.0 Å². The van der Waals surface area contributed by atoms with Gasteiger partial charge in [0.25, 0.3) is 0 Å². The first kappa shape index (κ1) is 21.4. The van der Waals surface area contributed by atoms with Crippen molar-refractivity contribution in [2.24, 2.45) is 0 Å². The molecular weight excluding hydrogens is 372 g/mol. The van der Waals surface area contributed by atoms with Crippen LogP contribution in [-0.2, 0) is 25.7 Å². The van der Waals surface area contributed by atoms with Crippen LogP contribution in [0, 0.1) is 0 Å². The second-order valence-corrected chi connectivity index (χ2v) is 8.80. The van der Waals surface area contributed by atoms with E-state index in [4.69, 9.17) is 0 Å². The zero-order chi connectivity index (χ0) is 21.5. The van der Waals surface area contributed by atoms with Crippen LogP contribution < -0.4 is 0 Å². The minimum atomic E-state index is 0.642. The van der Waals surface area contributed by atoms with Gasteiger partial charge in [-0.05, 0) is 96.7 Å². The minimum absolute atomic E-state index is 0.642. The molecule has 0 spiro atoms. The number of rotatable bonds is 8. The van der Waals surface area contributed by atoms with E-state index in [0.29, 0.717) is 5.92 Å². The van der Waals surface area contributed by atoms with Crippen LogP contribution in [0.15, 0.2) is 91.5 Å². The maximum atomic E-state index is 3.83. The molecule has 1 atom stereocenters. The van der Waals surface area contributed by atoms with E-state index in [1.165, 1.54) is 51.8 Å². The van der Waals surface area contributed by atoms with Crippen LogP contribution in [0.4, 0.5) is 0 Å². The highest BCUT2D eigenvalue weighted by Gasteiger charge is 2.20. The Kier molecular flexibility index (Phi) is 7.20. The lowest BCUT2D eigenvalue weighted by Crippen LogP contribution is -2.13. The summed E-state index contributed by atoms with van der Waals surface area (Å²) in [4.78, 5) is 0. The fraction of sp³-hybridized carbons (Fsp3) is 0.290. The summed E-state index contributed by atoms with van der Waals surface area (Å²) in [5.41, 5.74) is 10.1. The number of allylic oxidation sites excluding steroid dienone is 3. The van der Waals surface area contributed by atoms with Crippen LogP contribution in [0.2, 0.25) is 0 Å². The first-order valence-corrected chi connectivity index (χ1v) is 11.8. The molecular formula is C31H34. The molecule has 1 aliphatic carbocycles. The summed E-state index contributed by atoms with van der Waals surface area (Å²) in [7, 11) is 0. The molecule has 0 heteroatoms. The van der Waals surface area contributed by atoms with Crippen LogP contribution in [0.25, 0.3) is 11.1 Å². The van der Waals surface area contributed by atoms with Crippen molar-refractivity contribution < 1.29 is 0 Å². The Morgan fingerprint density at radius 2 is 1.48 bits per heavy atom. The van der Waals surface area contributed by atoms with Gasteiger partial charge in [0.15, 0.2) is 0 Å². The number of benzene rings is 3.